The van der Waals surface area contributed by atoms with Gasteiger partial charge in [0.05, 0.1) is 18.6 Å². The maximum Gasteiger partial charge on any atom is 0.123 e. The first kappa shape index (κ1) is 14.1. The lowest BCUT2D eigenvalue weighted by molar-refractivity contribution is 0.340. The predicted molar refractivity (Wildman–Crippen MR) is 76.1 cm³/mol. The number of benzene rings is 2. The van der Waals surface area contributed by atoms with E-state index in [2.05, 4.69) is 6.07 Å². The fourth-order valence-electron chi connectivity index (χ4n) is 2.06. The SMILES string of the molecule is CCOc1ccc(CC(C#N)c2ccc(F)cc2)cc1. The van der Waals surface area contributed by atoms with Gasteiger partial charge < -0.3 is 4.74 Å². The molecular formula is C17H16FNO. The van der Waals surface area contributed by atoms with E-state index in [0.29, 0.717) is 13.0 Å². The van der Waals surface area contributed by atoms with E-state index < -0.39 is 0 Å². The Hall–Kier alpha value is -2.34. The molecule has 0 bridgehead atoms. The van der Waals surface area contributed by atoms with Crippen LogP contribution in [0.2, 0.25) is 0 Å². The Balaban J connectivity index is 2.10. The van der Waals surface area contributed by atoms with Crippen molar-refractivity contribution in [3.63, 3.8) is 0 Å². The Kier molecular flexibility index (Phi) is 4.73. The number of hydrogen-bond donors (Lipinski definition) is 0. The van der Waals surface area contributed by atoms with E-state index in [1.807, 2.05) is 31.2 Å². The van der Waals surface area contributed by atoms with Crippen molar-refractivity contribution in [1.82, 2.24) is 0 Å². The average Bonchev–Trinajstić information content (AvgIpc) is 2.48. The number of ether oxygens (including phenoxy) is 1. The minimum absolute atomic E-state index is 0.270. The van der Waals surface area contributed by atoms with E-state index in [-0.39, 0.29) is 11.7 Å². The number of halogens is 1. The van der Waals surface area contributed by atoms with Crippen LogP contribution in [0.1, 0.15) is 24.0 Å². The van der Waals surface area contributed by atoms with Crippen LogP contribution in [0.5, 0.6) is 5.75 Å². The van der Waals surface area contributed by atoms with E-state index in [4.69, 9.17) is 4.74 Å². The average molecular weight is 269 g/mol. The van der Waals surface area contributed by atoms with Gasteiger partial charge in [-0.25, -0.2) is 4.39 Å². The summed E-state index contributed by atoms with van der Waals surface area (Å²) in [4.78, 5) is 0. The quantitative estimate of drug-likeness (QED) is 0.819. The monoisotopic (exact) mass is 269 g/mol. The van der Waals surface area contributed by atoms with Gasteiger partial charge in [0.15, 0.2) is 0 Å². The Morgan fingerprint density at radius 3 is 2.30 bits per heavy atom. The zero-order chi connectivity index (χ0) is 14.4. The second-order valence-electron chi connectivity index (χ2n) is 4.51. The molecule has 2 aromatic rings. The fourth-order valence-corrected chi connectivity index (χ4v) is 2.06. The summed E-state index contributed by atoms with van der Waals surface area (Å²) in [6.07, 6.45) is 0.606. The van der Waals surface area contributed by atoms with Gasteiger partial charge in [-0.3, -0.25) is 0 Å². The van der Waals surface area contributed by atoms with Gasteiger partial charge >= 0.3 is 0 Å². The lowest BCUT2D eigenvalue weighted by Crippen LogP contribution is -2.01. The highest BCUT2D eigenvalue weighted by Crippen LogP contribution is 2.22. The molecule has 2 rings (SSSR count). The molecule has 1 unspecified atom stereocenters. The standard InChI is InChI=1S/C17H16FNO/c1-2-20-17-9-3-13(4-10-17)11-15(12-19)14-5-7-16(18)8-6-14/h3-10,15H,2,11H2,1H3. The molecule has 0 heterocycles. The Morgan fingerprint density at radius 1 is 1.10 bits per heavy atom. The van der Waals surface area contributed by atoms with Crippen LogP contribution in [0.25, 0.3) is 0 Å². The molecule has 1 atom stereocenters. The second-order valence-corrected chi connectivity index (χ2v) is 4.51. The van der Waals surface area contributed by atoms with Crippen molar-refractivity contribution >= 4 is 0 Å². The third kappa shape index (κ3) is 3.58. The van der Waals surface area contributed by atoms with Gasteiger partial charge in [-0.05, 0) is 48.7 Å². The van der Waals surface area contributed by atoms with Gasteiger partial charge in [0.25, 0.3) is 0 Å². The van der Waals surface area contributed by atoms with Crippen molar-refractivity contribution < 1.29 is 9.13 Å². The van der Waals surface area contributed by atoms with Gasteiger partial charge in [-0.15, -0.1) is 0 Å². The minimum atomic E-state index is -0.286. The molecule has 0 amide bonds. The van der Waals surface area contributed by atoms with Crippen LogP contribution in [0.3, 0.4) is 0 Å². The number of hydrogen-bond acceptors (Lipinski definition) is 2. The predicted octanol–water partition coefficient (Wildman–Crippen LogP) is 4.07. The van der Waals surface area contributed by atoms with Crippen molar-refractivity contribution in [2.45, 2.75) is 19.3 Å². The highest BCUT2D eigenvalue weighted by atomic mass is 19.1. The molecular weight excluding hydrogens is 253 g/mol. The molecule has 0 aromatic heterocycles. The Bertz CT molecular complexity index is 584. The maximum absolute atomic E-state index is 12.9. The molecule has 0 aliphatic carbocycles. The maximum atomic E-state index is 12.9. The highest BCUT2D eigenvalue weighted by molar-refractivity contribution is 5.32. The molecule has 102 valence electrons. The first-order valence-electron chi connectivity index (χ1n) is 6.59. The molecule has 0 saturated heterocycles. The molecule has 0 saturated carbocycles. The van der Waals surface area contributed by atoms with Gasteiger partial charge in [-0.2, -0.15) is 5.26 Å². The van der Waals surface area contributed by atoms with Crippen LogP contribution < -0.4 is 4.74 Å². The van der Waals surface area contributed by atoms with Crippen molar-refractivity contribution in [2.75, 3.05) is 6.61 Å². The summed E-state index contributed by atoms with van der Waals surface area (Å²) in [7, 11) is 0. The molecule has 0 aliphatic heterocycles. The van der Waals surface area contributed by atoms with E-state index in [9.17, 15) is 9.65 Å². The zero-order valence-electron chi connectivity index (χ0n) is 11.3. The molecule has 0 N–H and O–H groups in total. The summed E-state index contributed by atoms with van der Waals surface area (Å²) in [5.74, 6) is 0.270. The third-order valence-electron chi connectivity index (χ3n) is 3.10. The van der Waals surface area contributed by atoms with Crippen LogP contribution in [-0.4, -0.2) is 6.61 Å². The highest BCUT2D eigenvalue weighted by Gasteiger charge is 2.11. The van der Waals surface area contributed by atoms with E-state index in [0.717, 1.165) is 16.9 Å². The first-order chi connectivity index (χ1) is 9.72. The van der Waals surface area contributed by atoms with E-state index in [1.165, 1.54) is 12.1 Å². The Morgan fingerprint density at radius 2 is 1.75 bits per heavy atom. The van der Waals surface area contributed by atoms with Crippen LogP contribution in [-0.2, 0) is 6.42 Å². The molecule has 20 heavy (non-hydrogen) atoms. The van der Waals surface area contributed by atoms with Crippen LogP contribution >= 0.6 is 0 Å². The smallest absolute Gasteiger partial charge is 0.123 e. The lowest BCUT2D eigenvalue weighted by atomic mass is 9.93. The number of nitriles is 1. The Labute approximate surface area is 118 Å². The van der Waals surface area contributed by atoms with Crippen LogP contribution in [0, 0.1) is 17.1 Å². The number of nitrogens with zero attached hydrogens (tertiary/aromatic N) is 1. The van der Waals surface area contributed by atoms with Gasteiger partial charge in [-0.1, -0.05) is 24.3 Å². The van der Waals surface area contributed by atoms with Gasteiger partial charge in [0.1, 0.15) is 11.6 Å². The molecule has 2 nitrogen and oxygen atoms in total. The van der Waals surface area contributed by atoms with E-state index in [1.54, 1.807) is 12.1 Å². The van der Waals surface area contributed by atoms with Crippen molar-refractivity contribution in [1.29, 1.82) is 5.26 Å². The molecule has 0 fully saturated rings. The lowest BCUT2D eigenvalue weighted by Gasteiger charge is -2.10. The first-order valence-corrected chi connectivity index (χ1v) is 6.59. The minimum Gasteiger partial charge on any atom is -0.494 e. The fraction of sp³-hybridized carbons (Fsp3) is 0.235. The summed E-state index contributed by atoms with van der Waals surface area (Å²) in [5.41, 5.74) is 1.90. The summed E-state index contributed by atoms with van der Waals surface area (Å²) >= 11 is 0. The molecule has 0 spiro atoms. The molecule has 3 heteroatoms. The third-order valence-corrected chi connectivity index (χ3v) is 3.10. The molecule has 2 aromatic carbocycles. The van der Waals surface area contributed by atoms with Gasteiger partial charge in [0, 0.05) is 0 Å². The normalized spacial score (nSPS) is 11.7. The molecule has 0 aliphatic rings. The zero-order valence-corrected chi connectivity index (χ0v) is 11.3. The van der Waals surface area contributed by atoms with Crippen molar-refractivity contribution in [3.05, 3.63) is 65.5 Å². The summed E-state index contributed by atoms with van der Waals surface area (Å²) in [5, 5.41) is 9.28. The second kappa shape index (κ2) is 6.72. The molecule has 0 radical (unpaired) electrons. The van der Waals surface area contributed by atoms with E-state index >= 15 is 0 Å². The topological polar surface area (TPSA) is 33.0 Å². The summed E-state index contributed by atoms with van der Waals surface area (Å²) in [6, 6.07) is 16.1. The van der Waals surface area contributed by atoms with Gasteiger partial charge in [0.2, 0.25) is 0 Å². The van der Waals surface area contributed by atoms with Crippen molar-refractivity contribution in [2.24, 2.45) is 0 Å². The largest absolute Gasteiger partial charge is 0.494 e. The number of rotatable bonds is 5. The van der Waals surface area contributed by atoms with Crippen LogP contribution in [0.4, 0.5) is 4.39 Å². The summed E-state index contributed by atoms with van der Waals surface area (Å²) < 4.78 is 18.3. The summed E-state index contributed by atoms with van der Waals surface area (Å²) in [6.45, 7) is 2.57. The van der Waals surface area contributed by atoms with Crippen molar-refractivity contribution in [3.8, 4) is 11.8 Å². The van der Waals surface area contributed by atoms with Crippen LogP contribution in [0.15, 0.2) is 48.5 Å².